The maximum atomic E-state index is 13.7. The second-order valence-corrected chi connectivity index (χ2v) is 4.82. The SMILES string of the molecule is CCc1nc(NC)cc(Nc2ccc(Br)cc2F)n1. The third kappa shape index (κ3) is 3.41. The molecule has 0 saturated carbocycles. The fraction of sp³-hybridized carbons (Fsp3) is 0.231. The summed E-state index contributed by atoms with van der Waals surface area (Å²) in [5.74, 6) is 1.63. The molecular formula is C13H14BrFN4. The van der Waals surface area contributed by atoms with Gasteiger partial charge in [-0.1, -0.05) is 22.9 Å². The van der Waals surface area contributed by atoms with Crippen LogP contribution < -0.4 is 10.6 Å². The molecule has 0 aliphatic rings. The predicted molar refractivity (Wildman–Crippen MR) is 78.3 cm³/mol. The van der Waals surface area contributed by atoms with Crippen LogP contribution >= 0.6 is 15.9 Å². The van der Waals surface area contributed by atoms with E-state index in [2.05, 4.69) is 36.5 Å². The zero-order chi connectivity index (χ0) is 13.8. The van der Waals surface area contributed by atoms with Gasteiger partial charge in [0.15, 0.2) is 0 Å². The number of benzene rings is 1. The number of hydrogen-bond donors (Lipinski definition) is 2. The molecule has 1 aromatic carbocycles. The van der Waals surface area contributed by atoms with Crippen molar-refractivity contribution in [3.8, 4) is 0 Å². The molecule has 19 heavy (non-hydrogen) atoms. The molecule has 0 spiro atoms. The molecule has 0 atom stereocenters. The van der Waals surface area contributed by atoms with Crippen LogP contribution in [0.4, 0.5) is 21.7 Å². The van der Waals surface area contributed by atoms with Gasteiger partial charge < -0.3 is 10.6 Å². The van der Waals surface area contributed by atoms with E-state index in [9.17, 15) is 4.39 Å². The minimum absolute atomic E-state index is 0.336. The summed E-state index contributed by atoms with van der Waals surface area (Å²) in [4.78, 5) is 8.60. The molecule has 0 aliphatic heterocycles. The number of aromatic nitrogens is 2. The Morgan fingerprint density at radius 1 is 1.21 bits per heavy atom. The van der Waals surface area contributed by atoms with Crippen LogP contribution in [0.25, 0.3) is 0 Å². The number of halogens is 2. The molecule has 6 heteroatoms. The summed E-state index contributed by atoms with van der Waals surface area (Å²) in [6, 6.07) is 6.57. The van der Waals surface area contributed by atoms with Crippen LogP contribution in [0.1, 0.15) is 12.7 Å². The van der Waals surface area contributed by atoms with E-state index in [1.807, 2.05) is 6.92 Å². The van der Waals surface area contributed by atoms with E-state index >= 15 is 0 Å². The molecule has 2 N–H and O–H groups in total. The molecular weight excluding hydrogens is 311 g/mol. The second-order valence-electron chi connectivity index (χ2n) is 3.91. The number of nitrogens with one attached hydrogen (secondary N) is 2. The topological polar surface area (TPSA) is 49.8 Å². The van der Waals surface area contributed by atoms with E-state index in [0.717, 1.165) is 0 Å². The van der Waals surface area contributed by atoms with Crippen molar-refractivity contribution in [3.05, 3.63) is 40.4 Å². The zero-order valence-corrected chi connectivity index (χ0v) is 12.3. The molecule has 0 aliphatic carbocycles. The molecule has 4 nitrogen and oxygen atoms in total. The van der Waals surface area contributed by atoms with Gasteiger partial charge >= 0.3 is 0 Å². The molecule has 2 rings (SSSR count). The van der Waals surface area contributed by atoms with Crippen molar-refractivity contribution in [2.45, 2.75) is 13.3 Å². The van der Waals surface area contributed by atoms with Crippen molar-refractivity contribution in [3.63, 3.8) is 0 Å². The maximum Gasteiger partial charge on any atom is 0.147 e. The highest BCUT2D eigenvalue weighted by atomic mass is 79.9. The van der Waals surface area contributed by atoms with Crippen LogP contribution in [0.3, 0.4) is 0 Å². The van der Waals surface area contributed by atoms with Crippen LogP contribution in [0.15, 0.2) is 28.7 Å². The first-order valence-electron chi connectivity index (χ1n) is 5.90. The number of anilines is 3. The Kier molecular flexibility index (Phi) is 4.31. The summed E-state index contributed by atoms with van der Waals surface area (Å²) in [5, 5.41) is 5.92. The maximum absolute atomic E-state index is 13.7. The largest absolute Gasteiger partial charge is 0.373 e. The fourth-order valence-electron chi connectivity index (χ4n) is 1.58. The summed E-state index contributed by atoms with van der Waals surface area (Å²) < 4.78 is 14.4. The van der Waals surface area contributed by atoms with Crippen molar-refractivity contribution in [1.29, 1.82) is 0 Å². The zero-order valence-electron chi connectivity index (χ0n) is 10.7. The third-order valence-electron chi connectivity index (χ3n) is 2.54. The Morgan fingerprint density at radius 2 is 1.95 bits per heavy atom. The lowest BCUT2D eigenvalue weighted by Gasteiger charge is -2.10. The molecule has 0 saturated heterocycles. The molecule has 100 valence electrons. The van der Waals surface area contributed by atoms with E-state index in [0.29, 0.717) is 34.0 Å². The average Bonchev–Trinajstić information content (AvgIpc) is 2.41. The van der Waals surface area contributed by atoms with Gasteiger partial charge in [0.1, 0.15) is 23.3 Å². The molecule has 0 radical (unpaired) electrons. The molecule has 1 aromatic heterocycles. The highest BCUT2D eigenvalue weighted by Crippen LogP contribution is 2.23. The van der Waals surface area contributed by atoms with Gasteiger partial charge in [0, 0.05) is 24.0 Å². The number of nitrogens with zero attached hydrogens (tertiary/aromatic N) is 2. The molecule has 0 fully saturated rings. The van der Waals surface area contributed by atoms with Crippen molar-refractivity contribution in [2.75, 3.05) is 17.7 Å². The van der Waals surface area contributed by atoms with Gasteiger partial charge in [-0.3, -0.25) is 0 Å². The Bertz CT molecular complexity index is 567. The van der Waals surface area contributed by atoms with Crippen LogP contribution in [0.2, 0.25) is 0 Å². The lowest BCUT2D eigenvalue weighted by molar-refractivity contribution is 0.631. The highest BCUT2D eigenvalue weighted by Gasteiger charge is 2.06. The summed E-state index contributed by atoms with van der Waals surface area (Å²) in [5.41, 5.74) is 0.381. The Morgan fingerprint density at radius 3 is 2.58 bits per heavy atom. The van der Waals surface area contributed by atoms with Gasteiger partial charge in [-0.15, -0.1) is 0 Å². The molecule has 0 bridgehead atoms. The molecule has 0 amide bonds. The van der Waals surface area contributed by atoms with Crippen LogP contribution in [0.5, 0.6) is 0 Å². The number of aryl methyl sites for hydroxylation is 1. The van der Waals surface area contributed by atoms with Gasteiger partial charge in [0.05, 0.1) is 5.69 Å². The van der Waals surface area contributed by atoms with Crippen molar-refractivity contribution in [2.24, 2.45) is 0 Å². The van der Waals surface area contributed by atoms with E-state index in [1.165, 1.54) is 6.07 Å². The smallest absolute Gasteiger partial charge is 0.147 e. The Labute approximate surface area is 119 Å². The Balaban J connectivity index is 2.31. The van der Waals surface area contributed by atoms with Crippen LogP contribution in [-0.2, 0) is 6.42 Å². The lowest BCUT2D eigenvalue weighted by atomic mass is 10.3. The van der Waals surface area contributed by atoms with Crippen LogP contribution in [-0.4, -0.2) is 17.0 Å². The standard InChI is InChI=1S/C13H14BrFN4/c1-3-11-18-12(16-2)7-13(19-11)17-10-5-4-8(14)6-9(10)15/h4-7H,3H2,1-2H3,(H2,16,17,18,19). The Hall–Kier alpha value is -1.69. The van der Waals surface area contributed by atoms with Crippen molar-refractivity contribution < 1.29 is 4.39 Å². The molecule has 0 unspecified atom stereocenters. The van der Waals surface area contributed by atoms with E-state index in [1.54, 1.807) is 25.2 Å². The third-order valence-corrected chi connectivity index (χ3v) is 3.03. The van der Waals surface area contributed by atoms with E-state index in [-0.39, 0.29) is 5.82 Å². The van der Waals surface area contributed by atoms with E-state index < -0.39 is 0 Å². The predicted octanol–water partition coefficient (Wildman–Crippen LogP) is 3.73. The van der Waals surface area contributed by atoms with E-state index in [4.69, 9.17) is 0 Å². The summed E-state index contributed by atoms with van der Waals surface area (Å²) >= 11 is 3.22. The highest BCUT2D eigenvalue weighted by molar-refractivity contribution is 9.10. The molecule has 1 heterocycles. The number of rotatable bonds is 4. The van der Waals surface area contributed by atoms with Gasteiger partial charge in [-0.2, -0.15) is 0 Å². The summed E-state index contributed by atoms with van der Waals surface area (Å²) in [6.07, 6.45) is 0.715. The first kappa shape index (κ1) is 13.7. The average molecular weight is 325 g/mol. The van der Waals surface area contributed by atoms with Gasteiger partial charge in [0.2, 0.25) is 0 Å². The van der Waals surface area contributed by atoms with Crippen molar-refractivity contribution in [1.82, 2.24) is 9.97 Å². The minimum Gasteiger partial charge on any atom is -0.373 e. The summed E-state index contributed by atoms with van der Waals surface area (Å²) in [6.45, 7) is 1.97. The minimum atomic E-state index is -0.336. The first-order chi connectivity index (χ1) is 9.12. The van der Waals surface area contributed by atoms with Gasteiger partial charge in [0.25, 0.3) is 0 Å². The normalized spacial score (nSPS) is 10.3. The van der Waals surface area contributed by atoms with Crippen molar-refractivity contribution >= 4 is 33.3 Å². The monoisotopic (exact) mass is 324 g/mol. The van der Waals surface area contributed by atoms with Crippen LogP contribution in [0, 0.1) is 5.82 Å². The second kappa shape index (κ2) is 5.97. The lowest BCUT2D eigenvalue weighted by Crippen LogP contribution is -2.03. The first-order valence-corrected chi connectivity index (χ1v) is 6.69. The van der Waals surface area contributed by atoms with Gasteiger partial charge in [-0.05, 0) is 18.2 Å². The number of hydrogen-bond acceptors (Lipinski definition) is 4. The quantitative estimate of drug-likeness (QED) is 0.899. The summed E-state index contributed by atoms with van der Waals surface area (Å²) in [7, 11) is 1.78. The molecule has 2 aromatic rings. The fourth-order valence-corrected chi connectivity index (χ4v) is 1.91. The van der Waals surface area contributed by atoms with Gasteiger partial charge in [-0.25, -0.2) is 14.4 Å².